The first-order chi connectivity index (χ1) is 12.2. The van der Waals surface area contributed by atoms with E-state index < -0.39 is 6.04 Å². The van der Waals surface area contributed by atoms with Crippen LogP contribution in [0.3, 0.4) is 0 Å². The SMILES string of the molecule is CCN(CC)C(=O)CN(C)C(=O)[C@@H](NC(=O)c1ccc(Cl)cc1)C(C)C. The molecule has 0 aromatic heterocycles. The molecule has 1 atom stereocenters. The lowest BCUT2D eigenvalue weighted by Crippen LogP contribution is -2.52. The minimum atomic E-state index is -0.715. The molecule has 3 amide bonds. The molecule has 0 aliphatic heterocycles. The van der Waals surface area contributed by atoms with Crippen LogP contribution in [0.2, 0.25) is 5.02 Å². The lowest BCUT2D eigenvalue weighted by atomic mass is 10.0. The molecule has 0 bridgehead atoms. The van der Waals surface area contributed by atoms with Crippen LogP contribution >= 0.6 is 11.6 Å². The van der Waals surface area contributed by atoms with E-state index in [9.17, 15) is 14.4 Å². The third-order valence-electron chi connectivity index (χ3n) is 4.19. The van der Waals surface area contributed by atoms with Crippen LogP contribution in [0.15, 0.2) is 24.3 Å². The molecule has 0 aliphatic rings. The van der Waals surface area contributed by atoms with Gasteiger partial charge in [0.05, 0.1) is 6.54 Å². The molecule has 0 saturated carbocycles. The Kier molecular flexibility index (Phi) is 8.58. The molecule has 1 aromatic rings. The summed E-state index contributed by atoms with van der Waals surface area (Å²) in [4.78, 5) is 40.4. The van der Waals surface area contributed by atoms with Crippen LogP contribution in [0.25, 0.3) is 0 Å². The van der Waals surface area contributed by atoms with E-state index in [0.717, 1.165) is 0 Å². The maximum absolute atomic E-state index is 12.8. The Labute approximate surface area is 160 Å². The lowest BCUT2D eigenvalue weighted by Gasteiger charge is -2.28. The molecule has 144 valence electrons. The van der Waals surface area contributed by atoms with Crippen LogP contribution < -0.4 is 5.32 Å². The summed E-state index contributed by atoms with van der Waals surface area (Å²) in [5, 5.41) is 3.30. The van der Waals surface area contributed by atoms with Crippen LogP contribution in [0, 0.1) is 5.92 Å². The van der Waals surface area contributed by atoms with Gasteiger partial charge in [0.2, 0.25) is 11.8 Å². The summed E-state index contributed by atoms with van der Waals surface area (Å²) >= 11 is 5.83. The third-order valence-corrected chi connectivity index (χ3v) is 4.44. The van der Waals surface area contributed by atoms with E-state index in [-0.39, 0.29) is 30.2 Å². The summed E-state index contributed by atoms with van der Waals surface area (Å²) in [6.45, 7) is 8.67. The van der Waals surface area contributed by atoms with Crippen molar-refractivity contribution in [3.63, 3.8) is 0 Å². The average molecular weight is 382 g/mol. The zero-order valence-corrected chi connectivity index (χ0v) is 16.8. The van der Waals surface area contributed by atoms with E-state index >= 15 is 0 Å². The highest BCUT2D eigenvalue weighted by molar-refractivity contribution is 6.30. The first kappa shape index (κ1) is 22.0. The highest BCUT2D eigenvalue weighted by atomic mass is 35.5. The Balaban J connectivity index is 2.81. The van der Waals surface area contributed by atoms with Crippen molar-refractivity contribution < 1.29 is 14.4 Å². The molecule has 1 aromatic carbocycles. The fraction of sp³-hybridized carbons (Fsp3) is 0.526. The van der Waals surface area contributed by atoms with E-state index in [4.69, 9.17) is 11.6 Å². The second kappa shape index (κ2) is 10.2. The minimum absolute atomic E-state index is 0.0133. The number of carbonyl (C=O) groups is 3. The molecule has 1 rings (SSSR count). The number of likely N-dealkylation sites (N-methyl/N-ethyl adjacent to an activating group) is 2. The van der Waals surface area contributed by atoms with Crippen molar-refractivity contribution in [2.75, 3.05) is 26.7 Å². The van der Waals surface area contributed by atoms with Crippen molar-refractivity contribution in [2.45, 2.75) is 33.7 Å². The number of nitrogens with zero attached hydrogens (tertiary/aromatic N) is 2. The number of nitrogens with one attached hydrogen (secondary N) is 1. The van der Waals surface area contributed by atoms with Gasteiger partial charge in [-0.3, -0.25) is 14.4 Å². The van der Waals surface area contributed by atoms with E-state index in [1.54, 1.807) is 36.2 Å². The van der Waals surface area contributed by atoms with Crippen molar-refractivity contribution >= 4 is 29.3 Å². The van der Waals surface area contributed by atoms with Crippen LogP contribution in [-0.4, -0.2) is 60.2 Å². The van der Waals surface area contributed by atoms with Crippen molar-refractivity contribution in [3.05, 3.63) is 34.9 Å². The quantitative estimate of drug-likeness (QED) is 0.751. The standard InChI is InChI=1S/C19H28ClN3O3/c1-6-23(7-2)16(24)12-22(5)19(26)17(13(3)4)21-18(25)14-8-10-15(20)11-9-14/h8-11,13,17H,6-7,12H2,1-5H3,(H,21,25)/t17-/m0/s1. The number of benzene rings is 1. The van der Waals surface area contributed by atoms with Crippen LogP contribution in [0.5, 0.6) is 0 Å². The predicted octanol–water partition coefficient (Wildman–Crippen LogP) is 2.42. The van der Waals surface area contributed by atoms with Gasteiger partial charge in [-0.1, -0.05) is 25.4 Å². The Morgan fingerprint density at radius 2 is 1.62 bits per heavy atom. The fourth-order valence-electron chi connectivity index (χ4n) is 2.53. The third kappa shape index (κ3) is 6.02. The van der Waals surface area contributed by atoms with Gasteiger partial charge in [0.25, 0.3) is 5.91 Å². The lowest BCUT2D eigenvalue weighted by molar-refractivity contribution is -0.140. The molecule has 0 radical (unpaired) electrons. The molecule has 0 heterocycles. The maximum atomic E-state index is 12.8. The highest BCUT2D eigenvalue weighted by Crippen LogP contribution is 2.11. The molecule has 0 unspecified atom stereocenters. The summed E-state index contributed by atoms with van der Waals surface area (Å²) in [7, 11) is 1.58. The number of hydrogen-bond donors (Lipinski definition) is 1. The first-order valence-corrected chi connectivity index (χ1v) is 9.18. The van der Waals surface area contributed by atoms with Crippen LogP contribution in [0.4, 0.5) is 0 Å². The zero-order valence-electron chi connectivity index (χ0n) is 16.1. The molecular weight excluding hydrogens is 354 g/mol. The second-order valence-electron chi connectivity index (χ2n) is 6.46. The summed E-state index contributed by atoms with van der Waals surface area (Å²) in [5.74, 6) is -0.873. The van der Waals surface area contributed by atoms with Gasteiger partial charge in [0.1, 0.15) is 6.04 Å². The smallest absolute Gasteiger partial charge is 0.251 e. The largest absolute Gasteiger partial charge is 0.342 e. The summed E-state index contributed by atoms with van der Waals surface area (Å²) in [6.07, 6.45) is 0. The number of amides is 3. The predicted molar refractivity (Wildman–Crippen MR) is 103 cm³/mol. The van der Waals surface area contributed by atoms with Gasteiger partial charge in [-0.05, 0) is 44.0 Å². The van der Waals surface area contributed by atoms with E-state index in [1.165, 1.54) is 4.90 Å². The first-order valence-electron chi connectivity index (χ1n) is 8.80. The number of rotatable bonds is 8. The Morgan fingerprint density at radius 1 is 1.08 bits per heavy atom. The van der Waals surface area contributed by atoms with Gasteiger partial charge in [0.15, 0.2) is 0 Å². The maximum Gasteiger partial charge on any atom is 0.251 e. The van der Waals surface area contributed by atoms with Gasteiger partial charge in [-0.25, -0.2) is 0 Å². The van der Waals surface area contributed by atoms with Crippen LogP contribution in [0.1, 0.15) is 38.1 Å². The van der Waals surface area contributed by atoms with E-state index in [1.807, 2.05) is 27.7 Å². The topological polar surface area (TPSA) is 69.7 Å². The second-order valence-corrected chi connectivity index (χ2v) is 6.90. The van der Waals surface area contributed by atoms with Gasteiger partial charge < -0.3 is 15.1 Å². The van der Waals surface area contributed by atoms with Gasteiger partial charge in [0, 0.05) is 30.7 Å². The summed E-state index contributed by atoms with van der Waals surface area (Å²) in [5.41, 5.74) is 0.426. The fourth-order valence-corrected chi connectivity index (χ4v) is 2.66. The molecule has 0 fully saturated rings. The van der Waals surface area contributed by atoms with Crippen molar-refractivity contribution in [1.82, 2.24) is 15.1 Å². The Hall–Kier alpha value is -2.08. The molecule has 6 nitrogen and oxygen atoms in total. The molecule has 0 spiro atoms. The summed E-state index contributed by atoms with van der Waals surface area (Å²) < 4.78 is 0. The Morgan fingerprint density at radius 3 is 2.08 bits per heavy atom. The molecular formula is C19H28ClN3O3. The zero-order chi connectivity index (χ0) is 19.9. The van der Waals surface area contributed by atoms with Crippen molar-refractivity contribution in [1.29, 1.82) is 0 Å². The van der Waals surface area contributed by atoms with E-state index in [2.05, 4.69) is 5.32 Å². The minimum Gasteiger partial charge on any atom is -0.342 e. The molecule has 7 heteroatoms. The number of carbonyl (C=O) groups excluding carboxylic acids is 3. The van der Waals surface area contributed by atoms with Crippen molar-refractivity contribution in [2.24, 2.45) is 5.92 Å². The normalized spacial score (nSPS) is 11.8. The van der Waals surface area contributed by atoms with Gasteiger partial charge in [-0.2, -0.15) is 0 Å². The van der Waals surface area contributed by atoms with Gasteiger partial charge in [-0.15, -0.1) is 0 Å². The summed E-state index contributed by atoms with van der Waals surface area (Å²) in [6, 6.07) is 5.74. The molecule has 0 saturated heterocycles. The average Bonchev–Trinajstić information content (AvgIpc) is 2.60. The Bertz CT molecular complexity index is 627. The monoisotopic (exact) mass is 381 g/mol. The highest BCUT2D eigenvalue weighted by Gasteiger charge is 2.28. The van der Waals surface area contributed by atoms with Crippen molar-refractivity contribution in [3.8, 4) is 0 Å². The molecule has 26 heavy (non-hydrogen) atoms. The molecule has 1 N–H and O–H groups in total. The van der Waals surface area contributed by atoms with E-state index in [0.29, 0.717) is 23.7 Å². The molecule has 0 aliphatic carbocycles. The van der Waals surface area contributed by atoms with Gasteiger partial charge >= 0.3 is 0 Å². The van der Waals surface area contributed by atoms with Crippen LogP contribution in [-0.2, 0) is 9.59 Å². The number of halogens is 1. The number of hydrogen-bond acceptors (Lipinski definition) is 3.